The third-order valence-electron chi connectivity index (χ3n) is 3.37. The Labute approximate surface area is 120 Å². The van der Waals surface area contributed by atoms with Gasteiger partial charge in [0.25, 0.3) is 0 Å². The number of aldehydes is 1. The second-order valence-electron chi connectivity index (χ2n) is 4.74. The molecule has 1 aromatic carbocycles. The number of allylic oxidation sites excluding steroid dienone is 2. The average Bonchev–Trinajstić information content (AvgIpc) is 2.53. The number of hydrogen-bond donors (Lipinski definition) is 0. The highest BCUT2D eigenvalue weighted by Crippen LogP contribution is 2.29. The molecule has 0 fully saturated rings. The zero-order valence-corrected chi connectivity index (χ0v) is 11.5. The standard InChI is InChI=1S/C18H19NO/c20-14-7-2-1-6-12-18(16-9-4-3-5-10-16)17-11-8-13-19-15-17/h2-5,7-11,13-15,18H,1,6,12H2. The summed E-state index contributed by atoms with van der Waals surface area (Å²) in [4.78, 5) is 14.5. The largest absolute Gasteiger partial charge is 0.299 e. The van der Waals surface area contributed by atoms with Crippen molar-refractivity contribution in [3.05, 3.63) is 78.1 Å². The van der Waals surface area contributed by atoms with Crippen LogP contribution in [0, 0.1) is 0 Å². The van der Waals surface area contributed by atoms with Crippen molar-refractivity contribution < 1.29 is 4.79 Å². The quantitative estimate of drug-likeness (QED) is 0.428. The highest BCUT2D eigenvalue weighted by Gasteiger charge is 2.13. The normalized spacial score (nSPS) is 12.4. The van der Waals surface area contributed by atoms with E-state index in [1.165, 1.54) is 11.1 Å². The number of nitrogens with zero attached hydrogens (tertiary/aromatic N) is 1. The minimum atomic E-state index is 0.370. The minimum absolute atomic E-state index is 0.370. The topological polar surface area (TPSA) is 30.0 Å². The Kier molecular flexibility index (Phi) is 5.71. The Morgan fingerprint density at radius 3 is 2.55 bits per heavy atom. The fraction of sp³-hybridized carbons (Fsp3) is 0.222. The zero-order valence-electron chi connectivity index (χ0n) is 11.5. The van der Waals surface area contributed by atoms with Gasteiger partial charge < -0.3 is 0 Å². The van der Waals surface area contributed by atoms with Gasteiger partial charge in [-0.1, -0.05) is 42.5 Å². The summed E-state index contributed by atoms with van der Waals surface area (Å²) in [5.74, 6) is 0.370. The molecule has 0 bridgehead atoms. The molecule has 0 aliphatic heterocycles. The van der Waals surface area contributed by atoms with Gasteiger partial charge in [-0.3, -0.25) is 9.78 Å². The first kappa shape index (κ1) is 14.2. The molecular formula is C18H19NO. The molecule has 2 aromatic rings. The molecule has 0 aliphatic rings. The van der Waals surface area contributed by atoms with Crippen LogP contribution in [0.5, 0.6) is 0 Å². The molecular weight excluding hydrogens is 246 g/mol. The minimum Gasteiger partial charge on any atom is -0.299 e. The molecule has 1 unspecified atom stereocenters. The molecule has 102 valence electrons. The van der Waals surface area contributed by atoms with E-state index < -0.39 is 0 Å². The maximum atomic E-state index is 10.2. The Hall–Kier alpha value is -2.22. The maximum absolute atomic E-state index is 10.2. The summed E-state index contributed by atoms with van der Waals surface area (Å²) in [6, 6.07) is 14.6. The Balaban J connectivity index is 2.09. The molecule has 0 saturated heterocycles. The van der Waals surface area contributed by atoms with Gasteiger partial charge in [0.1, 0.15) is 6.29 Å². The first-order valence-electron chi connectivity index (χ1n) is 6.97. The fourth-order valence-electron chi connectivity index (χ4n) is 2.38. The van der Waals surface area contributed by atoms with Gasteiger partial charge in [0, 0.05) is 18.3 Å². The van der Waals surface area contributed by atoms with Crippen molar-refractivity contribution in [2.24, 2.45) is 0 Å². The van der Waals surface area contributed by atoms with E-state index in [1.54, 1.807) is 12.3 Å². The van der Waals surface area contributed by atoms with Crippen LogP contribution >= 0.6 is 0 Å². The molecule has 0 amide bonds. The van der Waals surface area contributed by atoms with Crippen molar-refractivity contribution >= 4 is 6.29 Å². The first-order chi connectivity index (χ1) is 9.92. The van der Waals surface area contributed by atoms with Gasteiger partial charge in [0.2, 0.25) is 0 Å². The summed E-state index contributed by atoms with van der Waals surface area (Å²) in [5.41, 5.74) is 2.57. The smallest absolute Gasteiger partial charge is 0.142 e. The lowest BCUT2D eigenvalue weighted by molar-refractivity contribution is -0.104. The van der Waals surface area contributed by atoms with Gasteiger partial charge in [0.05, 0.1) is 0 Å². The van der Waals surface area contributed by atoms with Crippen LogP contribution < -0.4 is 0 Å². The van der Waals surface area contributed by atoms with Crippen molar-refractivity contribution in [3.8, 4) is 0 Å². The third-order valence-corrected chi connectivity index (χ3v) is 3.37. The number of benzene rings is 1. The van der Waals surface area contributed by atoms with Crippen molar-refractivity contribution in [3.63, 3.8) is 0 Å². The highest BCUT2D eigenvalue weighted by atomic mass is 16.1. The second-order valence-corrected chi connectivity index (χ2v) is 4.74. The SMILES string of the molecule is O=CC=CCCCC(c1ccccc1)c1cccnc1. The molecule has 2 rings (SSSR count). The molecule has 20 heavy (non-hydrogen) atoms. The van der Waals surface area contributed by atoms with Crippen molar-refractivity contribution in [1.29, 1.82) is 0 Å². The fourth-order valence-corrected chi connectivity index (χ4v) is 2.38. The number of rotatable bonds is 7. The van der Waals surface area contributed by atoms with E-state index >= 15 is 0 Å². The van der Waals surface area contributed by atoms with E-state index in [-0.39, 0.29) is 0 Å². The van der Waals surface area contributed by atoms with Crippen LogP contribution in [0.2, 0.25) is 0 Å². The van der Waals surface area contributed by atoms with E-state index in [9.17, 15) is 4.79 Å². The number of carbonyl (C=O) groups excluding carboxylic acids is 1. The van der Waals surface area contributed by atoms with E-state index in [2.05, 4.69) is 35.3 Å². The number of aromatic nitrogens is 1. The molecule has 0 spiro atoms. The number of unbranched alkanes of at least 4 members (excludes halogenated alkanes) is 1. The molecule has 0 aliphatic carbocycles. The van der Waals surface area contributed by atoms with Gasteiger partial charge in [0.15, 0.2) is 0 Å². The van der Waals surface area contributed by atoms with Gasteiger partial charge >= 0.3 is 0 Å². The maximum Gasteiger partial charge on any atom is 0.142 e. The summed E-state index contributed by atoms with van der Waals surface area (Å²) >= 11 is 0. The molecule has 0 saturated carbocycles. The van der Waals surface area contributed by atoms with Crippen molar-refractivity contribution in [1.82, 2.24) is 4.98 Å². The van der Waals surface area contributed by atoms with Crippen molar-refractivity contribution in [2.75, 3.05) is 0 Å². The predicted octanol–water partition coefficient (Wildman–Crippen LogP) is 4.14. The molecule has 1 atom stereocenters. The molecule has 2 heteroatoms. The lowest BCUT2D eigenvalue weighted by atomic mass is 9.88. The lowest BCUT2D eigenvalue weighted by Crippen LogP contribution is -2.01. The van der Waals surface area contributed by atoms with Crippen molar-refractivity contribution in [2.45, 2.75) is 25.2 Å². The van der Waals surface area contributed by atoms with Crippen LogP contribution in [0.1, 0.15) is 36.3 Å². The Morgan fingerprint density at radius 2 is 1.85 bits per heavy atom. The van der Waals surface area contributed by atoms with E-state index in [0.717, 1.165) is 25.5 Å². The second kappa shape index (κ2) is 8.05. The summed E-state index contributed by atoms with van der Waals surface area (Å²) in [5, 5.41) is 0. The highest BCUT2D eigenvalue weighted by molar-refractivity contribution is 5.64. The summed E-state index contributed by atoms with van der Waals surface area (Å²) in [6.45, 7) is 0. The van der Waals surface area contributed by atoms with Gasteiger partial charge in [-0.25, -0.2) is 0 Å². The van der Waals surface area contributed by atoms with E-state index in [1.807, 2.05) is 24.4 Å². The summed E-state index contributed by atoms with van der Waals surface area (Å²) < 4.78 is 0. The Bertz CT molecular complexity index is 494. The molecule has 0 N–H and O–H groups in total. The average molecular weight is 265 g/mol. The number of pyridine rings is 1. The van der Waals surface area contributed by atoms with Crippen LogP contribution in [0.25, 0.3) is 0 Å². The lowest BCUT2D eigenvalue weighted by Gasteiger charge is -2.17. The molecule has 1 heterocycles. The van der Waals surface area contributed by atoms with Crippen LogP contribution in [-0.2, 0) is 4.79 Å². The first-order valence-corrected chi connectivity index (χ1v) is 6.97. The summed E-state index contributed by atoms with van der Waals surface area (Å²) in [7, 11) is 0. The number of carbonyl (C=O) groups is 1. The predicted molar refractivity (Wildman–Crippen MR) is 81.6 cm³/mol. The van der Waals surface area contributed by atoms with E-state index in [4.69, 9.17) is 0 Å². The molecule has 1 aromatic heterocycles. The third kappa shape index (κ3) is 4.16. The summed E-state index contributed by atoms with van der Waals surface area (Å²) in [6.07, 6.45) is 11.1. The number of hydrogen-bond acceptors (Lipinski definition) is 2. The van der Waals surface area contributed by atoms with Gasteiger partial charge in [-0.15, -0.1) is 0 Å². The van der Waals surface area contributed by atoms with E-state index in [0.29, 0.717) is 5.92 Å². The Morgan fingerprint density at radius 1 is 1.05 bits per heavy atom. The van der Waals surface area contributed by atoms with Gasteiger partial charge in [-0.2, -0.15) is 0 Å². The van der Waals surface area contributed by atoms with Crippen LogP contribution in [0.15, 0.2) is 67.0 Å². The van der Waals surface area contributed by atoms with Crippen LogP contribution in [0.3, 0.4) is 0 Å². The van der Waals surface area contributed by atoms with Gasteiger partial charge in [-0.05, 0) is 42.5 Å². The van der Waals surface area contributed by atoms with Crippen LogP contribution in [0.4, 0.5) is 0 Å². The van der Waals surface area contributed by atoms with Crippen LogP contribution in [-0.4, -0.2) is 11.3 Å². The molecule has 2 nitrogen and oxygen atoms in total. The monoisotopic (exact) mass is 265 g/mol. The zero-order chi connectivity index (χ0) is 14.0. The molecule has 0 radical (unpaired) electrons.